The third-order valence-electron chi connectivity index (χ3n) is 5.94. The van der Waals surface area contributed by atoms with Crippen LogP contribution in [-0.2, 0) is 10.0 Å². The number of hydrogen-bond donors (Lipinski definition) is 0. The zero-order chi connectivity index (χ0) is 19.5. The highest BCUT2D eigenvalue weighted by Crippen LogP contribution is 2.39. The minimum Gasteiger partial charge on any atom is -0.314 e. The Morgan fingerprint density at radius 3 is 2.68 bits per heavy atom. The first kappa shape index (κ1) is 17.4. The van der Waals surface area contributed by atoms with Crippen LogP contribution in [0, 0.1) is 12.8 Å². The summed E-state index contributed by atoms with van der Waals surface area (Å²) in [6.45, 7) is 4.38. The number of benzene rings is 1. The molecule has 4 nitrogen and oxygen atoms in total. The summed E-state index contributed by atoms with van der Waals surface area (Å²) in [6.07, 6.45) is 7.68. The maximum absolute atomic E-state index is 12.6. The Morgan fingerprint density at radius 1 is 1.11 bits per heavy atom. The highest BCUT2D eigenvalue weighted by atomic mass is 32.2. The van der Waals surface area contributed by atoms with E-state index in [0.717, 1.165) is 29.6 Å². The van der Waals surface area contributed by atoms with Crippen LogP contribution in [0.4, 0.5) is 0 Å². The smallest absolute Gasteiger partial charge is 0.283 e. The Hall–Kier alpha value is -2.66. The number of aromatic nitrogens is 1. The molecule has 0 N–H and O–H groups in total. The molecule has 5 rings (SSSR count). The summed E-state index contributed by atoms with van der Waals surface area (Å²) in [4.78, 5) is 0.294. The standard InChI is InChI=1S/C23H22N2O2S/c1-15-10-12-17(13-11-15)21-16(2)23(25-14-6-5-8-19(21)25)22-18-7-3-4-9-20(18)28(26,27)24-22/h3-9,12,14-15H,10-11,13H2,1-2H3. The fourth-order valence-corrected chi connectivity index (χ4v) is 5.72. The lowest BCUT2D eigenvalue weighted by atomic mass is 9.86. The number of hydrogen-bond acceptors (Lipinski definition) is 2. The van der Waals surface area contributed by atoms with Gasteiger partial charge in [0, 0.05) is 17.3 Å². The van der Waals surface area contributed by atoms with Crippen molar-refractivity contribution in [1.29, 1.82) is 0 Å². The molecule has 1 unspecified atom stereocenters. The topological polar surface area (TPSA) is 50.9 Å². The van der Waals surface area contributed by atoms with E-state index in [1.807, 2.05) is 30.5 Å². The van der Waals surface area contributed by atoms with Crippen LogP contribution in [0.3, 0.4) is 0 Å². The lowest BCUT2D eigenvalue weighted by molar-refractivity contribution is 0.534. The number of sulfonamides is 1. The quantitative estimate of drug-likeness (QED) is 0.619. The van der Waals surface area contributed by atoms with E-state index in [0.29, 0.717) is 22.1 Å². The van der Waals surface area contributed by atoms with Gasteiger partial charge in [-0.05, 0) is 61.4 Å². The molecule has 1 aliphatic heterocycles. The van der Waals surface area contributed by atoms with Gasteiger partial charge < -0.3 is 4.40 Å². The van der Waals surface area contributed by atoms with Crippen LogP contribution in [0.5, 0.6) is 0 Å². The molecule has 1 aromatic carbocycles. The van der Waals surface area contributed by atoms with Crippen molar-refractivity contribution in [3.05, 3.63) is 77.1 Å². The minimum atomic E-state index is -3.65. The summed E-state index contributed by atoms with van der Waals surface area (Å²) >= 11 is 0. The van der Waals surface area contributed by atoms with Crippen LogP contribution in [0.2, 0.25) is 0 Å². The summed E-state index contributed by atoms with van der Waals surface area (Å²) in [6, 6.07) is 13.2. The van der Waals surface area contributed by atoms with Crippen molar-refractivity contribution in [1.82, 2.24) is 4.40 Å². The Balaban J connectivity index is 1.80. The van der Waals surface area contributed by atoms with E-state index in [2.05, 4.69) is 34.8 Å². The van der Waals surface area contributed by atoms with Crippen LogP contribution in [0.15, 0.2) is 64.0 Å². The van der Waals surface area contributed by atoms with Gasteiger partial charge >= 0.3 is 0 Å². The molecule has 0 amide bonds. The molecule has 1 atom stereocenters. The van der Waals surface area contributed by atoms with Gasteiger partial charge in [-0.25, -0.2) is 0 Å². The second-order valence-corrected chi connectivity index (χ2v) is 9.40. The molecule has 0 saturated carbocycles. The minimum absolute atomic E-state index is 0.294. The van der Waals surface area contributed by atoms with E-state index < -0.39 is 10.0 Å². The van der Waals surface area contributed by atoms with Gasteiger partial charge in [-0.15, -0.1) is 0 Å². The Bertz CT molecular complexity index is 1280. The van der Waals surface area contributed by atoms with E-state index in [1.54, 1.807) is 12.1 Å². The summed E-state index contributed by atoms with van der Waals surface area (Å²) in [5.74, 6) is 0.716. The summed E-state index contributed by atoms with van der Waals surface area (Å²) < 4.78 is 31.5. The molecule has 0 radical (unpaired) electrons. The fourth-order valence-electron chi connectivity index (χ4n) is 4.50. The predicted molar refractivity (Wildman–Crippen MR) is 112 cm³/mol. The first-order chi connectivity index (χ1) is 13.5. The molecule has 0 bridgehead atoms. The molecule has 5 heteroatoms. The Morgan fingerprint density at radius 2 is 1.89 bits per heavy atom. The first-order valence-electron chi connectivity index (χ1n) is 9.71. The maximum atomic E-state index is 12.6. The van der Waals surface area contributed by atoms with Crippen LogP contribution >= 0.6 is 0 Å². The van der Waals surface area contributed by atoms with E-state index in [9.17, 15) is 8.42 Å². The van der Waals surface area contributed by atoms with Crippen molar-refractivity contribution in [2.24, 2.45) is 10.3 Å². The molecule has 3 heterocycles. The monoisotopic (exact) mass is 390 g/mol. The average Bonchev–Trinajstić information content (AvgIpc) is 3.13. The molecule has 0 spiro atoms. The molecular formula is C23H22N2O2S. The molecule has 2 aliphatic rings. The van der Waals surface area contributed by atoms with Gasteiger partial charge in [0.25, 0.3) is 10.0 Å². The van der Waals surface area contributed by atoms with Crippen LogP contribution < -0.4 is 0 Å². The van der Waals surface area contributed by atoms with Gasteiger partial charge in [-0.1, -0.05) is 37.3 Å². The zero-order valence-electron chi connectivity index (χ0n) is 16.0. The molecule has 142 valence electrons. The summed E-state index contributed by atoms with van der Waals surface area (Å²) in [7, 11) is -3.65. The van der Waals surface area contributed by atoms with Gasteiger partial charge in [-0.2, -0.15) is 12.8 Å². The Kier molecular flexibility index (Phi) is 3.85. The van der Waals surface area contributed by atoms with Crippen LogP contribution in [0.1, 0.15) is 48.6 Å². The van der Waals surface area contributed by atoms with E-state index in [-0.39, 0.29) is 0 Å². The van der Waals surface area contributed by atoms with Crippen molar-refractivity contribution in [3.8, 4) is 0 Å². The molecule has 0 fully saturated rings. The molecule has 2 aromatic heterocycles. The van der Waals surface area contributed by atoms with Gasteiger partial charge in [-0.3, -0.25) is 0 Å². The second kappa shape index (κ2) is 6.17. The normalized spacial score (nSPS) is 20.7. The number of allylic oxidation sites excluding steroid dienone is 2. The van der Waals surface area contributed by atoms with E-state index in [1.165, 1.54) is 17.6 Å². The van der Waals surface area contributed by atoms with Crippen molar-refractivity contribution in [2.45, 2.75) is 38.0 Å². The average molecular weight is 391 g/mol. The molecule has 28 heavy (non-hydrogen) atoms. The van der Waals surface area contributed by atoms with Crippen molar-refractivity contribution >= 4 is 26.8 Å². The van der Waals surface area contributed by atoms with E-state index >= 15 is 0 Å². The highest BCUT2D eigenvalue weighted by Gasteiger charge is 2.33. The molecule has 0 saturated heterocycles. The zero-order valence-corrected chi connectivity index (χ0v) is 16.8. The van der Waals surface area contributed by atoms with Gasteiger partial charge in [0.1, 0.15) is 5.71 Å². The lowest BCUT2D eigenvalue weighted by Gasteiger charge is -2.18. The number of fused-ring (bicyclic) bond motifs is 2. The highest BCUT2D eigenvalue weighted by molar-refractivity contribution is 7.90. The molecule has 1 aliphatic carbocycles. The largest absolute Gasteiger partial charge is 0.314 e. The SMILES string of the molecule is Cc1c(C2=CCC(C)CC2)c2ccccn2c1C1=NS(=O)(=O)c2ccccc21. The van der Waals surface area contributed by atoms with Gasteiger partial charge in [0.15, 0.2) is 0 Å². The third kappa shape index (κ3) is 2.49. The first-order valence-corrected chi connectivity index (χ1v) is 11.1. The third-order valence-corrected chi connectivity index (χ3v) is 7.27. The van der Waals surface area contributed by atoms with Crippen molar-refractivity contribution in [3.63, 3.8) is 0 Å². The molecular weight excluding hydrogens is 368 g/mol. The van der Waals surface area contributed by atoms with E-state index in [4.69, 9.17) is 0 Å². The number of rotatable bonds is 2. The lowest BCUT2D eigenvalue weighted by Crippen LogP contribution is -2.06. The van der Waals surface area contributed by atoms with Crippen LogP contribution in [0.25, 0.3) is 11.1 Å². The van der Waals surface area contributed by atoms with Gasteiger partial charge in [0.2, 0.25) is 0 Å². The van der Waals surface area contributed by atoms with Crippen LogP contribution in [-0.4, -0.2) is 18.5 Å². The number of nitrogens with zero attached hydrogens (tertiary/aromatic N) is 2. The number of pyridine rings is 1. The van der Waals surface area contributed by atoms with Crippen molar-refractivity contribution < 1.29 is 8.42 Å². The fraction of sp³-hybridized carbons (Fsp3) is 0.261. The molecule has 3 aromatic rings. The summed E-state index contributed by atoms with van der Waals surface area (Å²) in [5, 5.41) is 0. The van der Waals surface area contributed by atoms with Gasteiger partial charge in [0.05, 0.1) is 16.1 Å². The summed E-state index contributed by atoms with van der Waals surface area (Å²) in [5.41, 5.74) is 6.90. The Labute approximate surface area is 165 Å². The second-order valence-electron chi connectivity index (χ2n) is 7.82. The van der Waals surface area contributed by atoms with Crippen molar-refractivity contribution in [2.75, 3.05) is 0 Å². The predicted octanol–water partition coefficient (Wildman–Crippen LogP) is 4.99. The maximum Gasteiger partial charge on any atom is 0.283 e.